The first-order chi connectivity index (χ1) is 12.9. The maximum Gasteiger partial charge on any atom is 0.337 e. The number of halogens is 1. The molecule has 1 aliphatic rings. The van der Waals surface area contributed by atoms with Crippen molar-refractivity contribution in [3.8, 4) is 0 Å². The molecule has 0 bridgehead atoms. The Morgan fingerprint density at radius 1 is 1.11 bits per heavy atom. The number of quaternary nitrogens is 1. The van der Waals surface area contributed by atoms with Gasteiger partial charge in [0.25, 0.3) is 0 Å². The number of rotatable bonds is 5. The molecule has 0 radical (unpaired) electrons. The van der Waals surface area contributed by atoms with Gasteiger partial charge in [-0.15, -0.1) is 0 Å². The zero-order valence-corrected chi connectivity index (χ0v) is 16.6. The number of methoxy groups -OCH3 is 1. The van der Waals surface area contributed by atoms with Crippen LogP contribution in [0.3, 0.4) is 0 Å². The maximum absolute atomic E-state index is 12.8. The molecule has 1 aliphatic heterocycles. The van der Waals surface area contributed by atoms with E-state index in [1.54, 1.807) is 36.4 Å². The molecule has 1 heterocycles. The van der Waals surface area contributed by atoms with Crippen LogP contribution in [-0.2, 0) is 21.3 Å². The van der Waals surface area contributed by atoms with Crippen molar-refractivity contribution in [2.24, 2.45) is 0 Å². The number of benzene rings is 2. The van der Waals surface area contributed by atoms with Gasteiger partial charge in [-0.1, -0.05) is 35.9 Å². The fraction of sp³-hybridized carbons (Fsp3) is 0.316. The standard InChI is InChI=1S/C19H21ClN2O4S/c1-26-19(23)16-8-6-15(7-9-16)14-21-10-12-22(13-11-21)27(24,25)18-5-3-2-4-17(18)20/h2-9H,10-14H2,1H3/p+1. The van der Waals surface area contributed by atoms with E-state index in [-0.39, 0.29) is 15.9 Å². The minimum Gasteiger partial charge on any atom is -0.465 e. The summed E-state index contributed by atoms with van der Waals surface area (Å²) < 4.78 is 31.8. The van der Waals surface area contributed by atoms with Crippen LogP contribution in [0.25, 0.3) is 0 Å². The highest BCUT2D eigenvalue weighted by molar-refractivity contribution is 7.89. The van der Waals surface area contributed by atoms with Crippen LogP contribution in [0.15, 0.2) is 53.4 Å². The molecule has 8 heteroatoms. The van der Waals surface area contributed by atoms with Gasteiger partial charge >= 0.3 is 5.97 Å². The molecule has 1 fully saturated rings. The molecule has 0 unspecified atom stereocenters. The van der Waals surface area contributed by atoms with Crippen LogP contribution in [0.5, 0.6) is 0 Å². The number of carbonyl (C=O) groups is 1. The summed E-state index contributed by atoms with van der Waals surface area (Å²) in [6, 6.07) is 13.8. The van der Waals surface area contributed by atoms with Gasteiger partial charge in [0, 0.05) is 5.56 Å². The largest absolute Gasteiger partial charge is 0.465 e. The van der Waals surface area contributed by atoms with E-state index in [1.165, 1.54) is 16.3 Å². The summed E-state index contributed by atoms with van der Waals surface area (Å²) >= 11 is 6.07. The topological polar surface area (TPSA) is 68.1 Å². The van der Waals surface area contributed by atoms with Crippen molar-refractivity contribution in [1.82, 2.24) is 4.31 Å². The SMILES string of the molecule is COC(=O)c1ccc(C[NH+]2CCN(S(=O)(=O)c3ccccc3Cl)CC2)cc1. The number of hydrogen-bond donors (Lipinski definition) is 1. The first-order valence-electron chi connectivity index (χ1n) is 8.67. The molecule has 1 saturated heterocycles. The molecular weight excluding hydrogens is 388 g/mol. The first-order valence-corrected chi connectivity index (χ1v) is 10.5. The van der Waals surface area contributed by atoms with E-state index in [2.05, 4.69) is 0 Å². The zero-order chi connectivity index (χ0) is 19.4. The van der Waals surface area contributed by atoms with E-state index in [4.69, 9.17) is 16.3 Å². The minimum absolute atomic E-state index is 0.161. The molecule has 27 heavy (non-hydrogen) atoms. The van der Waals surface area contributed by atoms with Crippen LogP contribution in [0.1, 0.15) is 15.9 Å². The summed E-state index contributed by atoms with van der Waals surface area (Å²) in [5.41, 5.74) is 1.62. The predicted octanol–water partition coefficient (Wildman–Crippen LogP) is 1.22. The van der Waals surface area contributed by atoms with Gasteiger partial charge in [-0.25, -0.2) is 13.2 Å². The Kier molecular flexibility index (Phi) is 6.16. The molecule has 2 aromatic rings. The number of sulfonamides is 1. The highest BCUT2D eigenvalue weighted by Crippen LogP contribution is 2.24. The summed E-state index contributed by atoms with van der Waals surface area (Å²) in [4.78, 5) is 12.9. The van der Waals surface area contributed by atoms with Crippen LogP contribution in [0.4, 0.5) is 0 Å². The Morgan fingerprint density at radius 3 is 2.33 bits per heavy atom. The molecule has 2 aromatic carbocycles. The van der Waals surface area contributed by atoms with Crippen molar-refractivity contribution in [1.29, 1.82) is 0 Å². The highest BCUT2D eigenvalue weighted by Gasteiger charge is 2.31. The zero-order valence-electron chi connectivity index (χ0n) is 15.0. The van der Waals surface area contributed by atoms with Crippen LogP contribution < -0.4 is 4.90 Å². The lowest BCUT2D eigenvalue weighted by molar-refractivity contribution is -0.917. The van der Waals surface area contributed by atoms with Gasteiger partial charge in [0.1, 0.15) is 11.4 Å². The van der Waals surface area contributed by atoms with Gasteiger partial charge in [-0.2, -0.15) is 4.31 Å². The van der Waals surface area contributed by atoms with E-state index in [0.717, 1.165) is 12.1 Å². The smallest absolute Gasteiger partial charge is 0.337 e. The molecule has 1 N–H and O–H groups in total. The summed E-state index contributed by atoms with van der Waals surface area (Å²) in [7, 11) is -2.21. The van der Waals surface area contributed by atoms with Gasteiger partial charge in [0.2, 0.25) is 10.0 Å². The second-order valence-electron chi connectivity index (χ2n) is 6.45. The van der Waals surface area contributed by atoms with Crippen LogP contribution in [-0.4, -0.2) is 52.0 Å². The monoisotopic (exact) mass is 409 g/mol. The number of ether oxygens (including phenoxy) is 1. The second kappa shape index (κ2) is 8.39. The molecule has 144 valence electrons. The van der Waals surface area contributed by atoms with Gasteiger partial charge in [0.05, 0.1) is 43.9 Å². The molecule has 0 aliphatic carbocycles. The number of carbonyl (C=O) groups excluding carboxylic acids is 1. The Hall–Kier alpha value is -1.93. The normalized spacial score (nSPS) is 16.2. The van der Waals surface area contributed by atoms with Crippen LogP contribution >= 0.6 is 11.6 Å². The van der Waals surface area contributed by atoms with Gasteiger partial charge in [-0.05, 0) is 24.3 Å². The number of esters is 1. The van der Waals surface area contributed by atoms with Crippen molar-refractivity contribution in [3.05, 3.63) is 64.7 Å². The van der Waals surface area contributed by atoms with Crippen molar-refractivity contribution in [2.75, 3.05) is 33.3 Å². The average Bonchev–Trinajstić information content (AvgIpc) is 2.68. The quantitative estimate of drug-likeness (QED) is 0.754. The van der Waals surface area contributed by atoms with Crippen molar-refractivity contribution >= 4 is 27.6 Å². The van der Waals surface area contributed by atoms with Gasteiger partial charge in [0.15, 0.2) is 0 Å². The predicted molar refractivity (Wildman–Crippen MR) is 102 cm³/mol. The lowest BCUT2D eigenvalue weighted by Crippen LogP contribution is -3.13. The molecule has 0 spiro atoms. The maximum atomic E-state index is 12.8. The summed E-state index contributed by atoms with van der Waals surface area (Å²) in [5, 5.41) is 0.248. The third-order valence-corrected chi connectivity index (χ3v) is 7.11. The number of nitrogens with zero attached hydrogens (tertiary/aromatic N) is 1. The fourth-order valence-corrected chi connectivity index (χ4v) is 5.11. The third kappa shape index (κ3) is 4.50. The highest BCUT2D eigenvalue weighted by atomic mass is 35.5. The van der Waals surface area contributed by atoms with Crippen LogP contribution in [0, 0.1) is 0 Å². The molecule has 6 nitrogen and oxygen atoms in total. The van der Waals surface area contributed by atoms with Gasteiger partial charge < -0.3 is 9.64 Å². The minimum atomic E-state index is -3.57. The summed E-state index contributed by atoms with van der Waals surface area (Å²) in [5.74, 6) is -0.354. The summed E-state index contributed by atoms with van der Waals surface area (Å²) in [6.07, 6.45) is 0. The molecule has 0 aromatic heterocycles. The van der Waals surface area contributed by atoms with Crippen molar-refractivity contribution < 1.29 is 22.8 Å². The number of piperazine rings is 1. The van der Waals surface area contributed by atoms with Crippen LogP contribution in [0.2, 0.25) is 5.02 Å². The molecule has 0 atom stereocenters. The Labute approximate surface area is 164 Å². The Bertz CT molecular complexity index is 908. The molecule has 3 rings (SSSR count). The van der Waals surface area contributed by atoms with E-state index >= 15 is 0 Å². The first kappa shape index (κ1) is 19.8. The van der Waals surface area contributed by atoms with E-state index in [0.29, 0.717) is 31.7 Å². The lowest BCUT2D eigenvalue weighted by atomic mass is 10.1. The van der Waals surface area contributed by atoms with E-state index < -0.39 is 10.0 Å². The molecular formula is C19H22ClN2O4S+. The lowest BCUT2D eigenvalue weighted by Gasteiger charge is -2.31. The Morgan fingerprint density at radius 2 is 1.74 bits per heavy atom. The van der Waals surface area contributed by atoms with E-state index in [9.17, 15) is 13.2 Å². The average molecular weight is 410 g/mol. The van der Waals surface area contributed by atoms with Crippen molar-refractivity contribution in [2.45, 2.75) is 11.4 Å². The summed E-state index contributed by atoms with van der Waals surface area (Å²) in [6.45, 7) is 3.10. The number of nitrogens with one attached hydrogen (secondary N) is 1. The fourth-order valence-electron chi connectivity index (χ4n) is 3.18. The number of hydrogen-bond acceptors (Lipinski definition) is 4. The molecule has 0 amide bonds. The van der Waals surface area contributed by atoms with E-state index in [1.807, 2.05) is 12.1 Å². The van der Waals surface area contributed by atoms with Gasteiger partial charge in [-0.3, -0.25) is 0 Å². The molecule has 0 saturated carbocycles. The Balaban J connectivity index is 1.60. The third-order valence-electron chi connectivity index (χ3n) is 4.71. The van der Waals surface area contributed by atoms with Crippen molar-refractivity contribution in [3.63, 3.8) is 0 Å². The second-order valence-corrected chi connectivity index (χ2v) is 8.76.